The predicted molar refractivity (Wildman–Crippen MR) is 68.6 cm³/mol. The zero-order valence-corrected chi connectivity index (χ0v) is 9.88. The fourth-order valence-corrected chi connectivity index (χ4v) is 2.39. The van der Waals surface area contributed by atoms with Crippen LogP contribution in [0.5, 0.6) is 0 Å². The Morgan fingerprint density at radius 2 is 1.40 bits per heavy atom. The molecule has 2 rings (SSSR count). The van der Waals surface area contributed by atoms with Gasteiger partial charge < -0.3 is 0 Å². The number of hydrogen-bond donors (Lipinski definition) is 1. The number of thiol groups is 1. The highest BCUT2D eigenvalue weighted by Crippen LogP contribution is 2.28. The highest BCUT2D eigenvalue weighted by atomic mass is 32.1. The smallest absolute Gasteiger partial charge is 0.00456 e. The zero-order chi connectivity index (χ0) is 10.8. The molecule has 1 heteroatoms. The summed E-state index contributed by atoms with van der Waals surface area (Å²) in [5.74, 6) is 0. The molecule has 0 bridgehead atoms. The lowest BCUT2D eigenvalue weighted by Crippen LogP contribution is -1.88. The van der Waals surface area contributed by atoms with Crippen LogP contribution in [0, 0.1) is 13.8 Å². The molecular formula is C14H14S. The SMILES string of the molecule is Cc1cc(S)cc(C)c1-c1ccccc1. The third-order valence-corrected chi connectivity index (χ3v) is 2.84. The van der Waals surface area contributed by atoms with E-state index >= 15 is 0 Å². The number of hydrogen-bond acceptors (Lipinski definition) is 1. The Kier molecular flexibility index (Phi) is 2.83. The van der Waals surface area contributed by atoms with E-state index in [-0.39, 0.29) is 0 Å². The van der Waals surface area contributed by atoms with Crippen LogP contribution in [-0.2, 0) is 0 Å². The van der Waals surface area contributed by atoms with Gasteiger partial charge in [-0.05, 0) is 48.2 Å². The first-order chi connectivity index (χ1) is 7.18. The highest BCUT2D eigenvalue weighted by molar-refractivity contribution is 7.80. The van der Waals surface area contributed by atoms with E-state index in [1.807, 2.05) is 6.07 Å². The lowest BCUT2D eigenvalue weighted by Gasteiger charge is -2.10. The van der Waals surface area contributed by atoms with Gasteiger partial charge in [0.05, 0.1) is 0 Å². The van der Waals surface area contributed by atoms with E-state index in [0.717, 1.165) is 4.90 Å². The largest absolute Gasteiger partial charge is 0.143 e. The Morgan fingerprint density at radius 1 is 0.867 bits per heavy atom. The Hall–Kier alpha value is -1.21. The van der Waals surface area contributed by atoms with Crippen molar-refractivity contribution in [2.24, 2.45) is 0 Å². The molecule has 0 nitrogen and oxygen atoms in total. The summed E-state index contributed by atoms with van der Waals surface area (Å²) >= 11 is 4.38. The molecule has 0 aliphatic rings. The van der Waals surface area contributed by atoms with Gasteiger partial charge >= 0.3 is 0 Å². The van der Waals surface area contributed by atoms with Crippen molar-refractivity contribution < 1.29 is 0 Å². The van der Waals surface area contributed by atoms with Crippen LogP contribution in [0.1, 0.15) is 11.1 Å². The molecule has 15 heavy (non-hydrogen) atoms. The van der Waals surface area contributed by atoms with Gasteiger partial charge in [0.1, 0.15) is 0 Å². The van der Waals surface area contributed by atoms with E-state index in [4.69, 9.17) is 0 Å². The first kappa shape index (κ1) is 10.3. The van der Waals surface area contributed by atoms with Gasteiger partial charge in [-0.2, -0.15) is 0 Å². The average Bonchev–Trinajstić information content (AvgIpc) is 2.17. The van der Waals surface area contributed by atoms with Crippen LogP contribution in [0.15, 0.2) is 47.4 Å². The van der Waals surface area contributed by atoms with Crippen LogP contribution in [0.3, 0.4) is 0 Å². The van der Waals surface area contributed by atoms with Crippen molar-refractivity contribution in [2.75, 3.05) is 0 Å². The van der Waals surface area contributed by atoms with Gasteiger partial charge in [0.15, 0.2) is 0 Å². The molecule has 0 saturated carbocycles. The number of aryl methyl sites for hydroxylation is 2. The van der Waals surface area contributed by atoms with Gasteiger partial charge in [-0.3, -0.25) is 0 Å². The summed E-state index contributed by atoms with van der Waals surface area (Å²) in [6.45, 7) is 4.27. The molecule has 0 radical (unpaired) electrons. The Morgan fingerprint density at radius 3 is 1.93 bits per heavy atom. The van der Waals surface area contributed by atoms with Crippen LogP contribution in [-0.4, -0.2) is 0 Å². The minimum absolute atomic E-state index is 1.03. The molecule has 76 valence electrons. The molecule has 0 saturated heterocycles. The summed E-state index contributed by atoms with van der Waals surface area (Å²) in [6.07, 6.45) is 0. The van der Waals surface area contributed by atoms with E-state index in [0.29, 0.717) is 0 Å². The molecule has 0 amide bonds. The molecule has 0 N–H and O–H groups in total. The fourth-order valence-electron chi connectivity index (χ4n) is 2.00. The molecule has 0 unspecified atom stereocenters. The van der Waals surface area contributed by atoms with Crippen molar-refractivity contribution in [1.29, 1.82) is 0 Å². The van der Waals surface area contributed by atoms with Crippen LogP contribution in [0.2, 0.25) is 0 Å². The molecule has 0 fully saturated rings. The fraction of sp³-hybridized carbons (Fsp3) is 0.143. The maximum Gasteiger partial charge on any atom is 0.00456 e. The summed E-state index contributed by atoms with van der Waals surface area (Å²) in [7, 11) is 0. The lowest BCUT2D eigenvalue weighted by molar-refractivity contribution is 1.30. The molecule has 2 aromatic carbocycles. The van der Waals surface area contributed by atoms with Crippen molar-refractivity contribution in [3.63, 3.8) is 0 Å². The van der Waals surface area contributed by atoms with E-state index < -0.39 is 0 Å². The topological polar surface area (TPSA) is 0 Å². The third-order valence-electron chi connectivity index (χ3n) is 2.58. The Balaban J connectivity index is 2.64. The number of rotatable bonds is 1. The van der Waals surface area contributed by atoms with E-state index in [1.165, 1.54) is 22.3 Å². The van der Waals surface area contributed by atoms with Gasteiger partial charge in [0.25, 0.3) is 0 Å². The van der Waals surface area contributed by atoms with Gasteiger partial charge in [0.2, 0.25) is 0 Å². The molecule has 2 aromatic rings. The van der Waals surface area contributed by atoms with Crippen LogP contribution < -0.4 is 0 Å². The first-order valence-corrected chi connectivity index (χ1v) is 5.49. The Bertz CT molecular complexity index is 449. The highest BCUT2D eigenvalue weighted by Gasteiger charge is 2.05. The van der Waals surface area contributed by atoms with Crippen LogP contribution in [0.4, 0.5) is 0 Å². The second-order valence-corrected chi connectivity index (χ2v) is 4.34. The van der Waals surface area contributed by atoms with Crippen molar-refractivity contribution in [1.82, 2.24) is 0 Å². The van der Waals surface area contributed by atoms with Gasteiger partial charge in [-0.25, -0.2) is 0 Å². The van der Waals surface area contributed by atoms with Crippen LogP contribution in [0.25, 0.3) is 11.1 Å². The second-order valence-electron chi connectivity index (χ2n) is 3.82. The van der Waals surface area contributed by atoms with Crippen LogP contribution >= 0.6 is 12.6 Å². The van der Waals surface area contributed by atoms with Gasteiger partial charge in [0, 0.05) is 4.90 Å². The van der Waals surface area contributed by atoms with E-state index in [9.17, 15) is 0 Å². The normalized spacial score (nSPS) is 10.3. The van der Waals surface area contributed by atoms with Crippen molar-refractivity contribution >= 4 is 12.6 Å². The second kappa shape index (κ2) is 4.11. The molecule has 0 aliphatic carbocycles. The Labute approximate surface area is 96.4 Å². The molecule has 0 aliphatic heterocycles. The summed E-state index contributed by atoms with van der Waals surface area (Å²) in [5, 5.41) is 0. The predicted octanol–water partition coefficient (Wildman–Crippen LogP) is 4.26. The number of benzene rings is 2. The molecular weight excluding hydrogens is 200 g/mol. The first-order valence-electron chi connectivity index (χ1n) is 5.04. The van der Waals surface area contributed by atoms with Gasteiger partial charge in [-0.1, -0.05) is 30.3 Å². The van der Waals surface area contributed by atoms with Crippen molar-refractivity contribution in [2.45, 2.75) is 18.7 Å². The zero-order valence-electron chi connectivity index (χ0n) is 8.99. The maximum atomic E-state index is 4.38. The third kappa shape index (κ3) is 2.07. The minimum atomic E-state index is 1.03. The molecule has 0 spiro atoms. The van der Waals surface area contributed by atoms with E-state index in [1.54, 1.807) is 0 Å². The van der Waals surface area contributed by atoms with Crippen molar-refractivity contribution in [3.8, 4) is 11.1 Å². The molecule has 0 aromatic heterocycles. The van der Waals surface area contributed by atoms with Gasteiger partial charge in [-0.15, -0.1) is 12.6 Å². The summed E-state index contributed by atoms with van der Waals surface area (Å²) in [5.41, 5.74) is 5.17. The average molecular weight is 214 g/mol. The summed E-state index contributed by atoms with van der Waals surface area (Å²) in [4.78, 5) is 1.03. The summed E-state index contributed by atoms with van der Waals surface area (Å²) in [6, 6.07) is 14.7. The van der Waals surface area contributed by atoms with Crippen molar-refractivity contribution in [3.05, 3.63) is 53.6 Å². The summed E-state index contributed by atoms with van der Waals surface area (Å²) < 4.78 is 0. The quantitative estimate of drug-likeness (QED) is 0.674. The molecule has 0 atom stereocenters. The standard InChI is InChI=1S/C14H14S/c1-10-8-13(15)9-11(2)14(10)12-6-4-3-5-7-12/h3-9,15H,1-2H3. The monoisotopic (exact) mass is 214 g/mol. The molecule has 0 heterocycles. The lowest BCUT2D eigenvalue weighted by atomic mass is 9.96. The minimum Gasteiger partial charge on any atom is -0.143 e. The maximum absolute atomic E-state index is 4.38. The van der Waals surface area contributed by atoms with E-state index in [2.05, 4.69) is 62.9 Å².